The van der Waals surface area contributed by atoms with Gasteiger partial charge in [-0.05, 0) is 43.5 Å². The maximum atomic E-state index is 12.7. The first-order chi connectivity index (χ1) is 8.47. The topological polar surface area (TPSA) is 55.4 Å². The summed E-state index contributed by atoms with van der Waals surface area (Å²) in [6.07, 6.45) is 2.76. The predicted molar refractivity (Wildman–Crippen MR) is 65.2 cm³/mol. The number of rotatable bonds is 5. The number of benzene rings is 1. The summed E-state index contributed by atoms with van der Waals surface area (Å²) in [5.74, 6) is -0.457. The third kappa shape index (κ3) is 2.71. The Labute approximate surface area is 106 Å². The number of halogens is 1. The average molecular weight is 273 g/mol. The van der Waals surface area contributed by atoms with E-state index < -0.39 is 15.8 Å². The highest BCUT2D eigenvalue weighted by Gasteiger charge is 2.37. The summed E-state index contributed by atoms with van der Waals surface area (Å²) in [5.41, 5.74) is -0.368. The van der Waals surface area contributed by atoms with Crippen molar-refractivity contribution in [3.05, 3.63) is 30.1 Å². The third-order valence-electron chi connectivity index (χ3n) is 3.41. The number of nitrogens with one attached hydrogen (secondary N) is 1. The van der Waals surface area contributed by atoms with Gasteiger partial charge in [0.2, 0.25) is 10.0 Å². The molecule has 18 heavy (non-hydrogen) atoms. The summed E-state index contributed by atoms with van der Waals surface area (Å²) < 4.78 is 44.5. The van der Waals surface area contributed by atoms with Crippen LogP contribution in [0.5, 0.6) is 0 Å². The first-order valence-electron chi connectivity index (χ1n) is 5.78. The Kier molecular flexibility index (Phi) is 3.70. The Morgan fingerprint density at radius 2 is 1.94 bits per heavy atom. The van der Waals surface area contributed by atoms with Crippen LogP contribution in [0.2, 0.25) is 0 Å². The van der Waals surface area contributed by atoms with Crippen LogP contribution in [-0.2, 0) is 14.8 Å². The highest BCUT2D eigenvalue weighted by atomic mass is 32.2. The molecule has 0 amide bonds. The van der Waals surface area contributed by atoms with E-state index in [1.165, 1.54) is 12.1 Å². The molecule has 1 saturated carbocycles. The SMILES string of the molecule is COC1(CNS(=O)(=O)c2ccc(F)cc2)CCC1. The molecule has 1 aliphatic rings. The van der Waals surface area contributed by atoms with E-state index in [4.69, 9.17) is 4.74 Å². The normalized spacial score (nSPS) is 18.3. The summed E-state index contributed by atoms with van der Waals surface area (Å²) in [4.78, 5) is 0.0643. The standard InChI is InChI=1S/C12H16FNO3S/c1-17-12(7-2-8-12)9-14-18(15,16)11-5-3-10(13)4-6-11/h3-6,14H,2,7-9H2,1H3. The molecule has 1 fully saturated rings. The minimum atomic E-state index is -3.59. The average Bonchev–Trinajstić information content (AvgIpc) is 2.29. The van der Waals surface area contributed by atoms with Crippen LogP contribution in [0.3, 0.4) is 0 Å². The van der Waals surface area contributed by atoms with Crippen molar-refractivity contribution in [2.45, 2.75) is 29.8 Å². The van der Waals surface area contributed by atoms with Gasteiger partial charge in [0.1, 0.15) is 5.82 Å². The lowest BCUT2D eigenvalue weighted by atomic mass is 9.80. The molecule has 0 saturated heterocycles. The molecule has 0 unspecified atom stereocenters. The molecule has 1 aromatic carbocycles. The molecule has 0 aromatic heterocycles. The second-order valence-corrected chi connectivity index (χ2v) is 6.29. The zero-order valence-corrected chi connectivity index (χ0v) is 11.0. The largest absolute Gasteiger partial charge is 0.377 e. The molecule has 4 nitrogen and oxygen atoms in total. The summed E-state index contributed by atoms with van der Waals surface area (Å²) in [5, 5.41) is 0. The second-order valence-electron chi connectivity index (χ2n) is 4.52. The van der Waals surface area contributed by atoms with Crippen LogP contribution < -0.4 is 4.72 Å². The van der Waals surface area contributed by atoms with Gasteiger partial charge in [0.25, 0.3) is 0 Å². The van der Waals surface area contributed by atoms with Crippen molar-refractivity contribution in [2.75, 3.05) is 13.7 Å². The smallest absolute Gasteiger partial charge is 0.240 e. The lowest BCUT2D eigenvalue weighted by Crippen LogP contribution is -2.49. The summed E-state index contributed by atoms with van der Waals surface area (Å²) in [6, 6.07) is 4.75. The van der Waals surface area contributed by atoms with Gasteiger partial charge >= 0.3 is 0 Å². The first kappa shape index (κ1) is 13.5. The Hall–Kier alpha value is -0.980. The van der Waals surface area contributed by atoms with Gasteiger partial charge in [-0.25, -0.2) is 17.5 Å². The Bertz CT molecular complexity index is 503. The summed E-state index contributed by atoms with van der Waals surface area (Å²) >= 11 is 0. The molecule has 0 heterocycles. The molecule has 2 rings (SSSR count). The van der Waals surface area contributed by atoms with E-state index in [1.807, 2.05) is 0 Å². The van der Waals surface area contributed by atoms with Crippen molar-refractivity contribution in [3.63, 3.8) is 0 Å². The molecular formula is C12H16FNO3S. The van der Waals surface area contributed by atoms with E-state index in [-0.39, 0.29) is 17.0 Å². The van der Waals surface area contributed by atoms with Gasteiger partial charge in [-0.2, -0.15) is 0 Å². The van der Waals surface area contributed by atoms with Crippen LogP contribution in [0.25, 0.3) is 0 Å². The van der Waals surface area contributed by atoms with Gasteiger partial charge < -0.3 is 4.74 Å². The molecule has 0 spiro atoms. The molecular weight excluding hydrogens is 257 g/mol. The van der Waals surface area contributed by atoms with Crippen molar-refractivity contribution in [2.24, 2.45) is 0 Å². The van der Waals surface area contributed by atoms with Crippen LogP contribution in [0.15, 0.2) is 29.2 Å². The fourth-order valence-corrected chi connectivity index (χ4v) is 3.06. The Morgan fingerprint density at radius 3 is 2.39 bits per heavy atom. The van der Waals surface area contributed by atoms with E-state index in [1.54, 1.807) is 7.11 Å². The second kappa shape index (κ2) is 4.95. The molecule has 100 valence electrons. The molecule has 0 bridgehead atoms. The lowest BCUT2D eigenvalue weighted by molar-refractivity contribution is -0.0659. The molecule has 1 aromatic rings. The molecule has 0 radical (unpaired) electrons. The van der Waals surface area contributed by atoms with Crippen molar-refractivity contribution < 1.29 is 17.5 Å². The van der Waals surface area contributed by atoms with Gasteiger partial charge in [0, 0.05) is 13.7 Å². The minimum absolute atomic E-state index is 0.0643. The maximum Gasteiger partial charge on any atom is 0.240 e. The van der Waals surface area contributed by atoms with Crippen molar-refractivity contribution in [1.29, 1.82) is 0 Å². The molecule has 0 atom stereocenters. The van der Waals surface area contributed by atoms with Gasteiger partial charge in [-0.3, -0.25) is 0 Å². The highest BCUT2D eigenvalue weighted by Crippen LogP contribution is 2.34. The van der Waals surface area contributed by atoms with Crippen LogP contribution in [-0.4, -0.2) is 27.7 Å². The zero-order chi connectivity index (χ0) is 13.2. The molecule has 6 heteroatoms. The number of hydrogen-bond acceptors (Lipinski definition) is 3. The van der Waals surface area contributed by atoms with E-state index in [0.29, 0.717) is 0 Å². The van der Waals surface area contributed by atoms with E-state index in [2.05, 4.69) is 4.72 Å². The minimum Gasteiger partial charge on any atom is -0.377 e. The van der Waals surface area contributed by atoms with Gasteiger partial charge in [0.05, 0.1) is 10.5 Å². The van der Waals surface area contributed by atoms with Gasteiger partial charge in [-0.15, -0.1) is 0 Å². The van der Waals surface area contributed by atoms with Gasteiger partial charge in [0.15, 0.2) is 0 Å². The van der Waals surface area contributed by atoms with Crippen molar-refractivity contribution in [3.8, 4) is 0 Å². The Morgan fingerprint density at radius 1 is 1.33 bits per heavy atom. The summed E-state index contributed by atoms with van der Waals surface area (Å²) in [7, 11) is -2.00. The third-order valence-corrected chi connectivity index (χ3v) is 4.82. The van der Waals surface area contributed by atoms with Crippen LogP contribution in [0, 0.1) is 5.82 Å². The number of methoxy groups -OCH3 is 1. The lowest BCUT2D eigenvalue weighted by Gasteiger charge is -2.40. The summed E-state index contributed by atoms with van der Waals surface area (Å²) in [6.45, 7) is 0.253. The maximum absolute atomic E-state index is 12.7. The quantitative estimate of drug-likeness (QED) is 0.888. The monoisotopic (exact) mass is 273 g/mol. The number of hydrogen-bond donors (Lipinski definition) is 1. The number of sulfonamides is 1. The highest BCUT2D eigenvalue weighted by molar-refractivity contribution is 7.89. The van der Waals surface area contributed by atoms with E-state index in [9.17, 15) is 12.8 Å². The molecule has 1 aliphatic carbocycles. The van der Waals surface area contributed by atoms with Crippen LogP contribution >= 0.6 is 0 Å². The Balaban J connectivity index is 2.05. The molecule has 1 N–H and O–H groups in total. The first-order valence-corrected chi connectivity index (χ1v) is 7.26. The van der Waals surface area contributed by atoms with Crippen LogP contribution in [0.4, 0.5) is 4.39 Å². The fraction of sp³-hybridized carbons (Fsp3) is 0.500. The van der Waals surface area contributed by atoms with E-state index in [0.717, 1.165) is 31.4 Å². The number of ether oxygens (including phenoxy) is 1. The fourth-order valence-electron chi connectivity index (χ4n) is 1.95. The van der Waals surface area contributed by atoms with Crippen molar-refractivity contribution in [1.82, 2.24) is 4.72 Å². The van der Waals surface area contributed by atoms with Gasteiger partial charge in [-0.1, -0.05) is 0 Å². The molecule has 0 aliphatic heterocycles. The van der Waals surface area contributed by atoms with Crippen molar-refractivity contribution >= 4 is 10.0 Å². The predicted octanol–water partition coefficient (Wildman–Crippen LogP) is 1.67. The van der Waals surface area contributed by atoms with Crippen LogP contribution in [0.1, 0.15) is 19.3 Å². The van der Waals surface area contributed by atoms with E-state index >= 15 is 0 Å². The zero-order valence-electron chi connectivity index (χ0n) is 10.1.